The van der Waals surface area contributed by atoms with Gasteiger partial charge in [-0.3, -0.25) is 24.9 Å². The molecular formula is C31H48N2O14. The highest BCUT2D eigenvalue weighted by Crippen LogP contribution is 2.13. The number of benzene rings is 1. The lowest BCUT2D eigenvalue weighted by Gasteiger charge is -2.27. The summed E-state index contributed by atoms with van der Waals surface area (Å²) in [4.78, 5) is 46.0. The monoisotopic (exact) mass is 672 g/mol. The summed E-state index contributed by atoms with van der Waals surface area (Å²) in [7, 11) is 0. The van der Waals surface area contributed by atoms with Crippen LogP contribution >= 0.6 is 0 Å². The highest BCUT2D eigenvalue weighted by molar-refractivity contribution is 5.75. The van der Waals surface area contributed by atoms with Crippen LogP contribution in [-0.4, -0.2) is 120 Å². The number of amides is 1. The lowest BCUT2D eigenvalue weighted by Crippen LogP contribution is -2.40. The first-order chi connectivity index (χ1) is 22.5. The Hall–Kier alpha value is -3.48. The molecule has 0 bridgehead atoms. The van der Waals surface area contributed by atoms with Gasteiger partial charge in [0, 0.05) is 27.7 Å². The van der Waals surface area contributed by atoms with Gasteiger partial charge in [0.2, 0.25) is 5.91 Å². The molecule has 0 aliphatic carbocycles. The van der Waals surface area contributed by atoms with Gasteiger partial charge < -0.3 is 53.1 Å². The molecular weight excluding hydrogens is 624 g/mol. The molecule has 0 aromatic heterocycles. The number of carbonyl (C=O) groups is 4. The molecule has 0 saturated heterocycles. The fourth-order valence-electron chi connectivity index (χ4n) is 3.52. The number of nitrogens with two attached hydrogens (primary N) is 1. The van der Waals surface area contributed by atoms with Gasteiger partial charge in [0.15, 0.2) is 12.5 Å². The van der Waals surface area contributed by atoms with Gasteiger partial charge in [-0.15, -0.1) is 0 Å². The van der Waals surface area contributed by atoms with E-state index in [2.05, 4.69) is 5.32 Å². The zero-order chi connectivity index (χ0) is 34.9. The first kappa shape index (κ1) is 41.5. The van der Waals surface area contributed by atoms with Gasteiger partial charge in [0.1, 0.15) is 25.4 Å². The minimum absolute atomic E-state index is 0.0156. The second-order valence-electron chi connectivity index (χ2n) is 9.90. The fourth-order valence-corrected chi connectivity index (χ4v) is 3.52. The number of carbonyl (C=O) groups excluding carboxylic acids is 4. The third-order valence-electron chi connectivity index (χ3n) is 5.45. The molecule has 1 aromatic rings. The lowest BCUT2D eigenvalue weighted by molar-refractivity contribution is -0.189. The van der Waals surface area contributed by atoms with Crippen molar-refractivity contribution in [2.24, 2.45) is 5.73 Å². The second-order valence-corrected chi connectivity index (χ2v) is 9.90. The van der Waals surface area contributed by atoms with Crippen LogP contribution in [-0.2, 0) is 68.4 Å². The number of aliphatic hydroxyl groups is 1. The number of hydrogen-bond donors (Lipinski definition) is 3. The van der Waals surface area contributed by atoms with Crippen LogP contribution in [0.1, 0.15) is 33.3 Å². The first-order valence-electron chi connectivity index (χ1n) is 14.9. The molecule has 266 valence electrons. The van der Waals surface area contributed by atoms with E-state index in [4.69, 9.17) is 48.4 Å². The number of nitrogens with one attached hydrogen (secondary N) is 1. The summed E-state index contributed by atoms with van der Waals surface area (Å²) in [6.45, 7) is 5.91. The molecule has 0 unspecified atom stereocenters. The third-order valence-corrected chi connectivity index (χ3v) is 5.45. The van der Waals surface area contributed by atoms with Crippen molar-refractivity contribution in [3.8, 4) is 0 Å². The Kier molecular flexibility index (Phi) is 22.6. The van der Waals surface area contributed by atoms with Crippen LogP contribution < -0.4 is 11.1 Å². The van der Waals surface area contributed by atoms with E-state index in [-0.39, 0.29) is 71.8 Å². The van der Waals surface area contributed by atoms with Gasteiger partial charge >= 0.3 is 17.9 Å². The third kappa shape index (κ3) is 23.5. The van der Waals surface area contributed by atoms with Crippen molar-refractivity contribution in [1.29, 1.82) is 0 Å². The maximum Gasteiger partial charge on any atom is 0.304 e. The predicted molar refractivity (Wildman–Crippen MR) is 164 cm³/mol. The molecule has 0 spiro atoms. The van der Waals surface area contributed by atoms with E-state index in [1.807, 2.05) is 30.3 Å². The van der Waals surface area contributed by atoms with E-state index < -0.39 is 48.5 Å². The zero-order valence-electron chi connectivity index (χ0n) is 27.4. The molecule has 1 aromatic carbocycles. The van der Waals surface area contributed by atoms with Crippen LogP contribution in [0, 0.1) is 0 Å². The van der Waals surface area contributed by atoms with Gasteiger partial charge in [0.25, 0.3) is 0 Å². The number of esters is 3. The Bertz CT molecular complexity index is 1050. The molecule has 0 aliphatic rings. The van der Waals surface area contributed by atoms with Crippen molar-refractivity contribution in [1.82, 2.24) is 5.32 Å². The summed E-state index contributed by atoms with van der Waals surface area (Å²) in [5.74, 6) is -2.38. The molecule has 3 atom stereocenters. The van der Waals surface area contributed by atoms with E-state index in [9.17, 15) is 24.3 Å². The Morgan fingerprint density at radius 2 is 1.32 bits per heavy atom. The molecule has 16 nitrogen and oxygen atoms in total. The lowest BCUT2D eigenvalue weighted by atomic mass is 10.2. The summed E-state index contributed by atoms with van der Waals surface area (Å²) < 4.78 is 48.5. The normalized spacial score (nSPS) is 13.5. The van der Waals surface area contributed by atoms with Crippen LogP contribution in [0.15, 0.2) is 42.1 Å². The Labute approximate surface area is 274 Å². The van der Waals surface area contributed by atoms with Gasteiger partial charge in [-0.05, 0) is 11.6 Å². The molecule has 1 rings (SSSR count). The quantitative estimate of drug-likeness (QED) is 0.0524. The maximum atomic E-state index is 11.9. The number of rotatable bonds is 26. The fraction of sp³-hybridized carbons (Fsp3) is 0.613. The first-order valence-corrected chi connectivity index (χ1v) is 14.9. The van der Waals surface area contributed by atoms with Crippen molar-refractivity contribution in [2.45, 2.75) is 59.0 Å². The molecule has 0 radical (unpaired) electrons. The molecule has 0 saturated carbocycles. The van der Waals surface area contributed by atoms with Crippen LogP contribution in [0.2, 0.25) is 0 Å². The van der Waals surface area contributed by atoms with Crippen LogP contribution in [0.4, 0.5) is 0 Å². The molecule has 47 heavy (non-hydrogen) atoms. The van der Waals surface area contributed by atoms with Gasteiger partial charge in [-0.2, -0.15) is 0 Å². The van der Waals surface area contributed by atoms with Gasteiger partial charge in [-0.25, -0.2) is 0 Å². The summed E-state index contributed by atoms with van der Waals surface area (Å²) in [6.07, 6.45) is -3.16. The van der Waals surface area contributed by atoms with Gasteiger partial charge in [0.05, 0.1) is 65.2 Å². The highest BCUT2D eigenvalue weighted by Gasteiger charge is 2.25. The molecule has 0 fully saturated rings. The zero-order valence-corrected chi connectivity index (χ0v) is 27.4. The number of hydrogen-bond acceptors (Lipinski definition) is 15. The van der Waals surface area contributed by atoms with Crippen molar-refractivity contribution in [2.75, 3.05) is 66.1 Å². The second kappa shape index (κ2) is 25.6. The van der Waals surface area contributed by atoms with Crippen molar-refractivity contribution >= 4 is 23.8 Å². The molecule has 0 heterocycles. The summed E-state index contributed by atoms with van der Waals surface area (Å²) in [5, 5.41) is 12.5. The van der Waals surface area contributed by atoms with Gasteiger partial charge in [-0.1, -0.05) is 30.3 Å². The Morgan fingerprint density at radius 3 is 1.87 bits per heavy atom. The minimum atomic E-state index is -1.34. The standard InChI is InChI=1S/C31H48N2O14/c1-22(34)33-29(16-30(32)46-25(4)37)31(47-28(20-44-23(2)35)21-45-24(3)36)43-15-14-40-11-10-39-12-13-41-18-27(38)19-42-17-26-8-6-5-7-9-26/h5-9,16,27-28,30-31,38H,10-15,17-21,32H2,1-4H3,(H,33,34)/t27-,30+,31+/m0/s1. The van der Waals surface area contributed by atoms with E-state index in [1.165, 1.54) is 26.8 Å². The molecule has 1 amide bonds. The summed E-state index contributed by atoms with van der Waals surface area (Å²) in [6, 6.07) is 9.64. The van der Waals surface area contributed by atoms with Crippen LogP contribution in [0.3, 0.4) is 0 Å². The van der Waals surface area contributed by atoms with E-state index in [1.54, 1.807) is 0 Å². The van der Waals surface area contributed by atoms with Crippen molar-refractivity contribution in [3.05, 3.63) is 47.7 Å². The smallest absolute Gasteiger partial charge is 0.304 e. The number of aliphatic hydroxyl groups excluding tert-OH is 1. The number of ether oxygens (including phenoxy) is 9. The SMILES string of the molecule is CC(=O)NC(=C[C@H](N)OC(C)=O)[C@H](OCCOCCOCCOC[C@H](O)COCc1ccccc1)OC(COC(C)=O)COC(C)=O. The average molecular weight is 673 g/mol. The van der Waals surface area contributed by atoms with E-state index >= 15 is 0 Å². The summed E-state index contributed by atoms with van der Waals surface area (Å²) in [5.41, 5.74) is 6.84. The van der Waals surface area contributed by atoms with E-state index in [0.717, 1.165) is 12.5 Å². The maximum absolute atomic E-state index is 11.9. The summed E-state index contributed by atoms with van der Waals surface area (Å²) >= 11 is 0. The molecule has 0 aliphatic heterocycles. The van der Waals surface area contributed by atoms with Crippen molar-refractivity contribution in [3.63, 3.8) is 0 Å². The average Bonchev–Trinajstić information content (AvgIpc) is 2.99. The van der Waals surface area contributed by atoms with Crippen molar-refractivity contribution < 1.29 is 66.9 Å². The largest absolute Gasteiger partial charge is 0.463 e. The van der Waals surface area contributed by atoms with Crippen LogP contribution in [0.25, 0.3) is 0 Å². The molecule has 16 heteroatoms. The van der Waals surface area contributed by atoms with Crippen LogP contribution in [0.5, 0.6) is 0 Å². The minimum Gasteiger partial charge on any atom is -0.463 e. The Balaban J connectivity index is 2.51. The van der Waals surface area contributed by atoms with E-state index in [0.29, 0.717) is 6.61 Å². The molecule has 4 N–H and O–H groups in total. The topological polar surface area (TPSA) is 210 Å². The predicted octanol–water partition coefficient (Wildman–Crippen LogP) is 0.336. The Morgan fingerprint density at radius 1 is 0.766 bits per heavy atom. The highest BCUT2D eigenvalue weighted by atomic mass is 16.7.